The Bertz CT molecular complexity index is 1760. The van der Waals surface area contributed by atoms with Crippen LogP contribution in [0.25, 0.3) is 21.8 Å². The number of carbonyl (C=O) groups is 2. The van der Waals surface area contributed by atoms with Crippen molar-refractivity contribution in [1.29, 1.82) is 0 Å². The van der Waals surface area contributed by atoms with Gasteiger partial charge in [-0.1, -0.05) is 0 Å². The number of carbonyl (C=O) groups excluding carboxylic acids is 2. The molecule has 0 unspecified atom stereocenters. The standard InChI is InChI=1S/C26H7F10NO4/c27-13-15(29)19(33)23(20(34)16(13)30)40-25(38)7-1-3-11-9(5-7)10-6-8(2-4-12(10)37-11)26(39)41-24-21(35)17(31)14(28)18(32)22(24)36/h1-6,37H. The quantitative estimate of drug-likeness (QED) is 0.0798. The predicted octanol–water partition coefficient (Wildman–Crippen LogP) is 7.15. The van der Waals surface area contributed by atoms with Crippen molar-refractivity contribution < 1.29 is 63.0 Å². The Labute approximate surface area is 219 Å². The van der Waals surface area contributed by atoms with Crippen molar-refractivity contribution in [2.75, 3.05) is 0 Å². The van der Waals surface area contributed by atoms with Gasteiger partial charge in [0.15, 0.2) is 0 Å². The van der Waals surface area contributed by atoms with E-state index in [1.165, 1.54) is 12.1 Å². The first-order chi connectivity index (χ1) is 19.3. The molecule has 5 aromatic rings. The second kappa shape index (κ2) is 9.83. The Hall–Kier alpha value is -5.08. The van der Waals surface area contributed by atoms with E-state index in [4.69, 9.17) is 0 Å². The molecule has 0 saturated carbocycles. The smallest absolute Gasteiger partial charge is 0.343 e. The number of fused-ring (bicyclic) bond motifs is 3. The minimum Gasteiger partial charge on any atom is -0.416 e. The van der Waals surface area contributed by atoms with E-state index in [-0.39, 0.29) is 21.8 Å². The lowest BCUT2D eigenvalue weighted by Gasteiger charge is -2.09. The average Bonchev–Trinajstić information content (AvgIpc) is 3.34. The van der Waals surface area contributed by atoms with E-state index in [9.17, 15) is 53.5 Å². The summed E-state index contributed by atoms with van der Waals surface area (Å²) in [6.07, 6.45) is 0. The van der Waals surface area contributed by atoms with Crippen molar-refractivity contribution >= 4 is 33.7 Å². The number of H-pyrrole nitrogens is 1. The van der Waals surface area contributed by atoms with Gasteiger partial charge in [0.2, 0.25) is 69.7 Å². The van der Waals surface area contributed by atoms with Crippen molar-refractivity contribution in [2.45, 2.75) is 0 Å². The predicted molar refractivity (Wildman–Crippen MR) is 118 cm³/mol. The van der Waals surface area contributed by atoms with Crippen LogP contribution in [-0.4, -0.2) is 16.9 Å². The maximum Gasteiger partial charge on any atom is 0.343 e. The summed E-state index contributed by atoms with van der Waals surface area (Å²) in [5.74, 6) is -30.6. The molecule has 0 aliphatic carbocycles. The Morgan fingerprint density at radius 2 is 0.756 bits per heavy atom. The monoisotopic (exact) mass is 587 g/mol. The first-order valence-electron chi connectivity index (χ1n) is 10.8. The van der Waals surface area contributed by atoms with Crippen LogP contribution in [0.3, 0.4) is 0 Å². The molecule has 0 bridgehead atoms. The van der Waals surface area contributed by atoms with E-state index >= 15 is 0 Å². The molecule has 0 aliphatic heterocycles. The third kappa shape index (κ3) is 4.38. The van der Waals surface area contributed by atoms with Crippen LogP contribution < -0.4 is 9.47 Å². The zero-order valence-corrected chi connectivity index (χ0v) is 19.4. The van der Waals surface area contributed by atoms with Crippen LogP contribution in [0.5, 0.6) is 11.5 Å². The first kappa shape index (κ1) is 27.5. The van der Waals surface area contributed by atoms with Gasteiger partial charge in [0.25, 0.3) is 0 Å². The third-order valence-corrected chi connectivity index (χ3v) is 5.80. The van der Waals surface area contributed by atoms with Crippen LogP contribution in [0.15, 0.2) is 36.4 Å². The molecule has 0 radical (unpaired) electrons. The van der Waals surface area contributed by atoms with Gasteiger partial charge in [-0.3, -0.25) is 0 Å². The molecule has 1 N–H and O–H groups in total. The molecule has 5 rings (SSSR count). The van der Waals surface area contributed by atoms with E-state index in [0.29, 0.717) is 0 Å². The highest BCUT2D eigenvalue weighted by atomic mass is 19.2. The van der Waals surface area contributed by atoms with Gasteiger partial charge in [-0.2, -0.15) is 17.6 Å². The number of rotatable bonds is 4. The highest BCUT2D eigenvalue weighted by molar-refractivity contribution is 6.11. The number of halogens is 10. The number of aromatic amines is 1. The van der Waals surface area contributed by atoms with Crippen LogP contribution in [0.2, 0.25) is 0 Å². The van der Waals surface area contributed by atoms with Crippen LogP contribution in [0, 0.1) is 58.2 Å². The van der Waals surface area contributed by atoms with E-state index in [0.717, 1.165) is 24.3 Å². The Morgan fingerprint density at radius 3 is 1.07 bits per heavy atom. The number of hydrogen-bond acceptors (Lipinski definition) is 4. The van der Waals surface area contributed by atoms with Crippen LogP contribution in [0.4, 0.5) is 43.9 Å². The summed E-state index contributed by atoms with van der Waals surface area (Å²) in [5.41, 5.74) is -0.315. The van der Waals surface area contributed by atoms with Crippen molar-refractivity contribution in [3.8, 4) is 11.5 Å². The summed E-state index contributed by atoms with van der Waals surface area (Å²) in [7, 11) is 0. The molecule has 210 valence electrons. The Balaban J connectivity index is 1.51. The normalized spacial score (nSPS) is 11.4. The lowest BCUT2D eigenvalue weighted by Crippen LogP contribution is -2.14. The van der Waals surface area contributed by atoms with Gasteiger partial charge in [-0.15, -0.1) is 0 Å². The summed E-state index contributed by atoms with van der Waals surface area (Å²) in [5, 5.41) is 0.246. The zero-order chi connectivity index (χ0) is 29.9. The fourth-order valence-corrected chi connectivity index (χ4v) is 3.80. The van der Waals surface area contributed by atoms with Gasteiger partial charge in [0.1, 0.15) is 0 Å². The number of esters is 2. The minimum absolute atomic E-state index is 0.123. The summed E-state index contributed by atoms with van der Waals surface area (Å²) in [6, 6.07) is 6.78. The number of ether oxygens (including phenoxy) is 2. The van der Waals surface area contributed by atoms with Crippen molar-refractivity contribution in [2.24, 2.45) is 0 Å². The van der Waals surface area contributed by atoms with Gasteiger partial charge < -0.3 is 14.5 Å². The SMILES string of the molecule is O=C(Oc1c(F)c(F)c(F)c(F)c1F)c1ccc2[nH]c3ccc(C(=O)Oc4c(F)c(F)c(F)c(F)c4F)cc3c2c1. The molecule has 0 spiro atoms. The third-order valence-electron chi connectivity index (χ3n) is 5.80. The number of benzene rings is 4. The van der Waals surface area contributed by atoms with Gasteiger partial charge in [0, 0.05) is 21.8 Å². The second-order valence-corrected chi connectivity index (χ2v) is 8.22. The maximum absolute atomic E-state index is 13.9. The molecule has 1 aromatic heterocycles. The van der Waals surface area contributed by atoms with E-state index in [1.54, 1.807) is 0 Å². The molecule has 0 aliphatic rings. The molecule has 0 atom stereocenters. The number of aromatic nitrogens is 1. The molecule has 0 amide bonds. The van der Waals surface area contributed by atoms with Crippen molar-refractivity contribution in [1.82, 2.24) is 4.98 Å². The summed E-state index contributed by atoms with van der Waals surface area (Å²) in [4.78, 5) is 27.9. The highest BCUT2D eigenvalue weighted by Gasteiger charge is 2.30. The fourth-order valence-electron chi connectivity index (χ4n) is 3.80. The number of hydrogen-bond donors (Lipinski definition) is 1. The first-order valence-corrected chi connectivity index (χ1v) is 10.8. The number of nitrogens with one attached hydrogen (secondary N) is 1. The van der Waals surface area contributed by atoms with Crippen LogP contribution in [0.1, 0.15) is 20.7 Å². The molecule has 15 heteroatoms. The maximum atomic E-state index is 13.9. The Morgan fingerprint density at radius 1 is 0.463 bits per heavy atom. The van der Waals surface area contributed by atoms with E-state index in [2.05, 4.69) is 14.5 Å². The lowest BCUT2D eigenvalue weighted by atomic mass is 10.1. The minimum atomic E-state index is -2.46. The summed E-state index contributed by atoms with van der Waals surface area (Å²) in [6.45, 7) is 0. The average molecular weight is 587 g/mol. The van der Waals surface area contributed by atoms with E-state index < -0.39 is 92.7 Å². The fraction of sp³-hybridized carbons (Fsp3) is 0. The van der Waals surface area contributed by atoms with Crippen LogP contribution >= 0.6 is 0 Å². The molecule has 0 fully saturated rings. The largest absolute Gasteiger partial charge is 0.416 e. The van der Waals surface area contributed by atoms with Crippen LogP contribution in [-0.2, 0) is 0 Å². The molecule has 0 saturated heterocycles. The van der Waals surface area contributed by atoms with Crippen molar-refractivity contribution in [3.63, 3.8) is 0 Å². The lowest BCUT2D eigenvalue weighted by molar-refractivity contribution is 0.0707. The molecule has 1 heterocycles. The Kier molecular flexibility index (Phi) is 6.59. The van der Waals surface area contributed by atoms with Gasteiger partial charge in [-0.25, -0.2) is 35.9 Å². The van der Waals surface area contributed by atoms with E-state index in [1.807, 2.05) is 0 Å². The van der Waals surface area contributed by atoms with Gasteiger partial charge in [-0.05, 0) is 36.4 Å². The molecular weight excluding hydrogens is 580 g/mol. The van der Waals surface area contributed by atoms with Gasteiger partial charge in [0.05, 0.1) is 11.1 Å². The molecule has 5 nitrogen and oxygen atoms in total. The van der Waals surface area contributed by atoms with Crippen molar-refractivity contribution in [3.05, 3.63) is 106 Å². The zero-order valence-electron chi connectivity index (χ0n) is 19.4. The topological polar surface area (TPSA) is 68.4 Å². The molecule has 41 heavy (non-hydrogen) atoms. The summed E-state index contributed by atoms with van der Waals surface area (Å²) < 4.78 is 145. The molecule has 4 aromatic carbocycles. The van der Waals surface area contributed by atoms with Gasteiger partial charge >= 0.3 is 11.9 Å². The molecular formula is C26H7F10NO4. The second-order valence-electron chi connectivity index (χ2n) is 8.22. The summed E-state index contributed by atoms with van der Waals surface area (Å²) >= 11 is 0. The highest BCUT2D eigenvalue weighted by Crippen LogP contribution is 2.33.